The zero-order valence-corrected chi connectivity index (χ0v) is 19.9. The SMILES string of the molecule is O=C(NCC1(c2c(F)cccc2F)CCCC1)C1CCN(S(=O)(=O)/C=C/c2ccccc2)CC1. The zero-order valence-electron chi connectivity index (χ0n) is 19.1. The van der Waals surface area contributed by atoms with Crippen LogP contribution in [-0.2, 0) is 20.2 Å². The average molecular weight is 489 g/mol. The molecule has 34 heavy (non-hydrogen) atoms. The number of nitrogens with one attached hydrogen (secondary N) is 1. The summed E-state index contributed by atoms with van der Waals surface area (Å²) in [6, 6.07) is 13.1. The van der Waals surface area contributed by atoms with Crippen molar-refractivity contribution >= 4 is 22.0 Å². The van der Waals surface area contributed by atoms with Crippen LogP contribution in [-0.4, -0.2) is 38.3 Å². The summed E-state index contributed by atoms with van der Waals surface area (Å²) in [5.74, 6) is -1.65. The quantitative estimate of drug-likeness (QED) is 0.619. The smallest absolute Gasteiger partial charge is 0.236 e. The van der Waals surface area contributed by atoms with Crippen molar-refractivity contribution in [3.05, 3.63) is 76.7 Å². The summed E-state index contributed by atoms with van der Waals surface area (Å²) in [5.41, 5.74) is 0.128. The first-order valence-corrected chi connectivity index (χ1v) is 13.3. The highest BCUT2D eigenvalue weighted by Crippen LogP contribution is 2.43. The first-order chi connectivity index (χ1) is 16.3. The van der Waals surface area contributed by atoms with Crippen LogP contribution in [0.5, 0.6) is 0 Å². The minimum atomic E-state index is -3.57. The van der Waals surface area contributed by atoms with Crippen molar-refractivity contribution in [2.24, 2.45) is 5.92 Å². The van der Waals surface area contributed by atoms with E-state index in [-0.39, 0.29) is 37.0 Å². The summed E-state index contributed by atoms with van der Waals surface area (Å²) in [5, 5.41) is 4.14. The van der Waals surface area contributed by atoms with Crippen LogP contribution in [0.15, 0.2) is 53.9 Å². The molecule has 2 aromatic rings. The van der Waals surface area contributed by atoms with E-state index in [0.717, 1.165) is 18.4 Å². The van der Waals surface area contributed by atoms with Gasteiger partial charge in [0.05, 0.1) is 0 Å². The van der Waals surface area contributed by atoms with Gasteiger partial charge in [-0.3, -0.25) is 4.79 Å². The van der Waals surface area contributed by atoms with Crippen molar-refractivity contribution in [3.63, 3.8) is 0 Å². The maximum absolute atomic E-state index is 14.5. The summed E-state index contributed by atoms with van der Waals surface area (Å²) in [4.78, 5) is 12.9. The monoisotopic (exact) mass is 488 g/mol. The van der Waals surface area contributed by atoms with Gasteiger partial charge in [0.15, 0.2) is 0 Å². The number of piperidine rings is 1. The van der Waals surface area contributed by atoms with Crippen molar-refractivity contribution < 1.29 is 22.0 Å². The van der Waals surface area contributed by atoms with E-state index in [9.17, 15) is 22.0 Å². The molecule has 2 aliphatic rings. The summed E-state index contributed by atoms with van der Waals surface area (Å²) >= 11 is 0. The Balaban J connectivity index is 1.35. The molecule has 0 radical (unpaired) electrons. The molecule has 1 heterocycles. The molecule has 2 fully saturated rings. The van der Waals surface area contributed by atoms with Gasteiger partial charge in [0.25, 0.3) is 0 Å². The molecule has 0 aromatic heterocycles. The number of amides is 1. The van der Waals surface area contributed by atoms with Gasteiger partial charge in [0.2, 0.25) is 15.9 Å². The second kappa shape index (κ2) is 10.4. The molecule has 5 nitrogen and oxygen atoms in total. The van der Waals surface area contributed by atoms with Crippen LogP contribution in [0.25, 0.3) is 6.08 Å². The van der Waals surface area contributed by atoms with Crippen molar-refractivity contribution in [1.29, 1.82) is 0 Å². The fraction of sp³-hybridized carbons (Fsp3) is 0.423. The minimum Gasteiger partial charge on any atom is -0.355 e. The molecule has 1 aliphatic carbocycles. The molecule has 0 bridgehead atoms. The van der Waals surface area contributed by atoms with Crippen molar-refractivity contribution in [2.45, 2.75) is 43.9 Å². The van der Waals surface area contributed by atoms with Crippen LogP contribution < -0.4 is 5.32 Å². The molecule has 0 spiro atoms. The number of carbonyl (C=O) groups is 1. The molecule has 1 saturated carbocycles. The Labute approximate surface area is 199 Å². The number of hydrogen-bond acceptors (Lipinski definition) is 3. The van der Waals surface area contributed by atoms with Gasteiger partial charge >= 0.3 is 0 Å². The minimum absolute atomic E-state index is 0.0684. The van der Waals surface area contributed by atoms with E-state index >= 15 is 0 Å². The highest BCUT2D eigenvalue weighted by atomic mass is 32.2. The van der Waals surface area contributed by atoms with Gasteiger partial charge < -0.3 is 5.32 Å². The zero-order chi connectivity index (χ0) is 24.2. The van der Waals surface area contributed by atoms with E-state index in [0.29, 0.717) is 25.7 Å². The Morgan fingerprint density at radius 2 is 1.62 bits per heavy atom. The van der Waals surface area contributed by atoms with E-state index in [4.69, 9.17) is 0 Å². The van der Waals surface area contributed by atoms with Gasteiger partial charge in [-0.05, 0) is 49.5 Å². The van der Waals surface area contributed by atoms with Crippen molar-refractivity contribution in [3.8, 4) is 0 Å². The molecule has 1 N–H and O–H groups in total. The number of hydrogen-bond donors (Lipinski definition) is 1. The van der Waals surface area contributed by atoms with Gasteiger partial charge in [-0.25, -0.2) is 17.2 Å². The molecule has 4 rings (SSSR count). The summed E-state index contributed by atoms with van der Waals surface area (Å²) in [6.45, 7) is 0.696. The van der Waals surface area contributed by atoms with Gasteiger partial charge in [-0.15, -0.1) is 0 Å². The Hall–Kier alpha value is -2.58. The fourth-order valence-corrected chi connectivity index (χ4v) is 6.38. The fourth-order valence-electron chi connectivity index (χ4n) is 5.16. The maximum Gasteiger partial charge on any atom is 0.236 e. The van der Waals surface area contributed by atoms with Crippen LogP contribution in [0, 0.1) is 17.6 Å². The molecule has 2 aromatic carbocycles. The van der Waals surface area contributed by atoms with Crippen molar-refractivity contribution in [1.82, 2.24) is 9.62 Å². The first kappa shape index (κ1) is 24.5. The third-order valence-corrected chi connectivity index (χ3v) is 8.64. The molecule has 0 unspecified atom stereocenters. The molecule has 1 saturated heterocycles. The second-order valence-corrected chi connectivity index (χ2v) is 11.1. The van der Waals surface area contributed by atoms with Gasteiger partial charge in [0, 0.05) is 41.9 Å². The largest absolute Gasteiger partial charge is 0.355 e. The number of nitrogens with zero attached hydrogens (tertiary/aromatic N) is 1. The van der Waals surface area contributed by atoms with Crippen LogP contribution in [0.3, 0.4) is 0 Å². The highest BCUT2D eigenvalue weighted by Gasteiger charge is 2.40. The summed E-state index contributed by atoms with van der Waals surface area (Å²) in [7, 11) is -3.57. The molecule has 1 aliphatic heterocycles. The third kappa shape index (κ3) is 5.39. The van der Waals surface area contributed by atoms with Crippen LogP contribution in [0.2, 0.25) is 0 Å². The standard InChI is InChI=1S/C26H30F2N2O3S/c27-22-9-6-10-23(28)24(22)26(14-4-5-15-26)19-29-25(31)21-11-16-30(17-12-21)34(32,33)18-13-20-7-2-1-3-8-20/h1-3,6-10,13,18,21H,4-5,11-12,14-17,19H2,(H,29,31)/b18-13+. The lowest BCUT2D eigenvalue weighted by molar-refractivity contribution is -0.126. The Morgan fingerprint density at radius 1 is 1.00 bits per heavy atom. The third-order valence-electron chi connectivity index (χ3n) is 7.07. The summed E-state index contributed by atoms with van der Waals surface area (Å²) in [6.07, 6.45) is 5.34. The van der Waals surface area contributed by atoms with Crippen molar-refractivity contribution in [2.75, 3.05) is 19.6 Å². The Bertz CT molecular complexity index is 1120. The van der Waals surface area contributed by atoms with Gasteiger partial charge in [0.1, 0.15) is 11.6 Å². The van der Waals surface area contributed by atoms with E-state index < -0.39 is 27.1 Å². The predicted molar refractivity (Wildman–Crippen MR) is 128 cm³/mol. The van der Waals surface area contributed by atoms with Crippen LogP contribution in [0.1, 0.15) is 49.7 Å². The molecular formula is C26H30F2N2O3S. The number of carbonyl (C=O) groups excluding carboxylic acids is 1. The van der Waals surface area contributed by atoms with E-state index in [1.807, 2.05) is 30.3 Å². The van der Waals surface area contributed by atoms with Gasteiger partial charge in [-0.1, -0.05) is 49.2 Å². The molecular weight excluding hydrogens is 458 g/mol. The van der Waals surface area contributed by atoms with E-state index in [2.05, 4.69) is 5.32 Å². The molecule has 0 atom stereocenters. The normalized spacial score (nSPS) is 19.5. The maximum atomic E-state index is 14.5. The number of halogens is 2. The Kier molecular flexibility index (Phi) is 7.48. The number of benzene rings is 2. The highest BCUT2D eigenvalue weighted by molar-refractivity contribution is 7.92. The molecule has 182 valence electrons. The van der Waals surface area contributed by atoms with Crippen LogP contribution >= 0.6 is 0 Å². The second-order valence-electron chi connectivity index (χ2n) is 9.23. The topological polar surface area (TPSA) is 66.5 Å². The molecule has 8 heteroatoms. The average Bonchev–Trinajstić information content (AvgIpc) is 3.31. The lowest BCUT2D eigenvalue weighted by Gasteiger charge is -2.33. The lowest BCUT2D eigenvalue weighted by atomic mass is 9.78. The molecule has 1 amide bonds. The van der Waals surface area contributed by atoms with Crippen LogP contribution in [0.4, 0.5) is 8.78 Å². The van der Waals surface area contributed by atoms with E-state index in [1.165, 1.54) is 27.9 Å². The number of rotatable bonds is 7. The number of sulfonamides is 1. The first-order valence-electron chi connectivity index (χ1n) is 11.8. The Morgan fingerprint density at radius 3 is 2.24 bits per heavy atom. The summed E-state index contributed by atoms with van der Waals surface area (Å²) < 4.78 is 55.8. The lowest BCUT2D eigenvalue weighted by Crippen LogP contribution is -2.46. The van der Waals surface area contributed by atoms with Gasteiger partial charge in [-0.2, -0.15) is 4.31 Å². The van der Waals surface area contributed by atoms with E-state index in [1.54, 1.807) is 6.08 Å². The predicted octanol–water partition coefficient (Wildman–Crippen LogP) is 4.61.